The van der Waals surface area contributed by atoms with Gasteiger partial charge in [-0.05, 0) is 37.1 Å². The Morgan fingerprint density at radius 2 is 1.82 bits per heavy atom. The summed E-state index contributed by atoms with van der Waals surface area (Å²) in [7, 11) is 0. The minimum absolute atomic E-state index is 0.161. The average Bonchev–Trinajstić information content (AvgIpc) is 2.25. The SMILES string of the molecule is Cc1cc(SCCSCC(=O)O)cc(C)c1O. The Labute approximate surface area is 110 Å². The van der Waals surface area contributed by atoms with Gasteiger partial charge in [0.25, 0.3) is 0 Å². The lowest BCUT2D eigenvalue weighted by molar-refractivity contribution is -0.133. The van der Waals surface area contributed by atoms with Crippen molar-refractivity contribution in [3.63, 3.8) is 0 Å². The second-order valence-electron chi connectivity index (χ2n) is 3.70. The molecule has 2 N–H and O–H groups in total. The fourth-order valence-electron chi connectivity index (χ4n) is 1.38. The topological polar surface area (TPSA) is 57.5 Å². The number of carbonyl (C=O) groups is 1. The minimum atomic E-state index is -0.767. The molecule has 0 heterocycles. The monoisotopic (exact) mass is 272 g/mol. The molecule has 0 aliphatic heterocycles. The van der Waals surface area contributed by atoms with Crippen LogP contribution in [0.5, 0.6) is 5.75 Å². The van der Waals surface area contributed by atoms with E-state index in [1.54, 1.807) is 11.8 Å². The van der Waals surface area contributed by atoms with E-state index >= 15 is 0 Å². The van der Waals surface area contributed by atoms with Crippen LogP contribution < -0.4 is 0 Å². The highest BCUT2D eigenvalue weighted by atomic mass is 32.2. The van der Waals surface area contributed by atoms with Gasteiger partial charge < -0.3 is 10.2 Å². The van der Waals surface area contributed by atoms with Crippen LogP contribution in [0.4, 0.5) is 0 Å². The average molecular weight is 272 g/mol. The minimum Gasteiger partial charge on any atom is -0.507 e. The predicted molar refractivity (Wildman–Crippen MR) is 73.3 cm³/mol. The van der Waals surface area contributed by atoms with E-state index in [0.717, 1.165) is 27.5 Å². The first-order valence-electron chi connectivity index (χ1n) is 5.23. The Morgan fingerprint density at radius 3 is 2.35 bits per heavy atom. The third kappa shape index (κ3) is 4.91. The Bertz CT molecular complexity index is 382. The summed E-state index contributed by atoms with van der Waals surface area (Å²) in [5, 5.41) is 18.1. The van der Waals surface area contributed by atoms with Gasteiger partial charge in [-0.1, -0.05) is 0 Å². The molecule has 1 aromatic carbocycles. The third-order valence-corrected chi connectivity index (χ3v) is 4.37. The molecule has 17 heavy (non-hydrogen) atoms. The van der Waals surface area contributed by atoms with Gasteiger partial charge in [0.05, 0.1) is 5.75 Å². The van der Waals surface area contributed by atoms with Crippen molar-refractivity contribution < 1.29 is 15.0 Å². The zero-order valence-corrected chi connectivity index (χ0v) is 11.5. The summed E-state index contributed by atoms with van der Waals surface area (Å²) in [5.41, 5.74) is 1.76. The zero-order valence-electron chi connectivity index (χ0n) is 9.90. The lowest BCUT2D eigenvalue weighted by Crippen LogP contribution is -1.99. The number of benzene rings is 1. The van der Waals surface area contributed by atoms with Crippen molar-refractivity contribution in [3.05, 3.63) is 23.3 Å². The fourth-order valence-corrected chi connectivity index (χ4v) is 3.26. The number of thioether (sulfide) groups is 2. The van der Waals surface area contributed by atoms with Crippen LogP contribution in [0.25, 0.3) is 0 Å². The van der Waals surface area contributed by atoms with Gasteiger partial charge >= 0.3 is 5.97 Å². The lowest BCUT2D eigenvalue weighted by Gasteiger charge is -2.07. The summed E-state index contributed by atoms with van der Waals surface area (Å²) >= 11 is 3.11. The predicted octanol–water partition coefficient (Wildman–Crippen LogP) is 2.92. The van der Waals surface area contributed by atoms with E-state index in [-0.39, 0.29) is 5.75 Å². The van der Waals surface area contributed by atoms with E-state index in [1.165, 1.54) is 11.8 Å². The molecule has 0 aliphatic carbocycles. The van der Waals surface area contributed by atoms with Crippen molar-refractivity contribution in [2.75, 3.05) is 17.3 Å². The molecule has 0 fully saturated rings. The maximum absolute atomic E-state index is 10.3. The maximum Gasteiger partial charge on any atom is 0.313 e. The Kier molecular flexibility index (Phi) is 5.71. The van der Waals surface area contributed by atoms with E-state index in [2.05, 4.69) is 0 Å². The molecule has 0 saturated heterocycles. The van der Waals surface area contributed by atoms with Crippen molar-refractivity contribution in [1.29, 1.82) is 0 Å². The molecule has 0 aromatic heterocycles. The van der Waals surface area contributed by atoms with Crippen molar-refractivity contribution in [2.45, 2.75) is 18.7 Å². The van der Waals surface area contributed by atoms with Crippen LogP contribution in [0.2, 0.25) is 0 Å². The first-order chi connectivity index (χ1) is 8.00. The van der Waals surface area contributed by atoms with Crippen LogP contribution in [-0.4, -0.2) is 33.4 Å². The first-order valence-corrected chi connectivity index (χ1v) is 7.37. The summed E-state index contributed by atoms with van der Waals surface area (Å²) < 4.78 is 0. The molecule has 3 nitrogen and oxygen atoms in total. The van der Waals surface area contributed by atoms with Crippen LogP contribution in [-0.2, 0) is 4.79 Å². The molecule has 1 aromatic rings. The van der Waals surface area contributed by atoms with E-state index < -0.39 is 5.97 Å². The smallest absolute Gasteiger partial charge is 0.313 e. The Hall–Kier alpha value is -0.810. The summed E-state index contributed by atoms with van der Waals surface area (Å²) in [5.74, 6) is 1.44. The lowest BCUT2D eigenvalue weighted by atomic mass is 10.1. The maximum atomic E-state index is 10.3. The highest BCUT2D eigenvalue weighted by Gasteiger charge is 2.04. The van der Waals surface area contributed by atoms with Crippen LogP contribution in [0.1, 0.15) is 11.1 Å². The van der Waals surface area contributed by atoms with E-state index in [4.69, 9.17) is 5.11 Å². The number of phenolic OH excluding ortho intramolecular Hbond substituents is 1. The van der Waals surface area contributed by atoms with Gasteiger partial charge in [-0.25, -0.2) is 0 Å². The summed E-state index contributed by atoms with van der Waals surface area (Å²) in [6, 6.07) is 3.91. The van der Waals surface area contributed by atoms with Gasteiger partial charge in [-0.15, -0.1) is 23.5 Å². The summed E-state index contributed by atoms with van der Waals surface area (Å²) in [6.45, 7) is 3.76. The highest BCUT2D eigenvalue weighted by molar-refractivity contribution is 8.03. The number of rotatable bonds is 6. The second-order valence-corrected chi connectivity index (χ2v) is 5.97. The van der Waals surface area contributed by atoms with Crippen LogP contribution in [0.3, 0.4) is 0 Å². The Morgan fingerprint density at radius 1 is 1.24 bits per heavy atom. The van der Waals surface area contributed by atoms with E-state index in [1.807, 2.05) is 26.0 Å². The van der Waals surface area contributed by atoms with Gasteiger partial charge in [-0.2, -0.15) is 0 Å². The molecule has 0 saturated carbocycles. The van der Waals surface area contributed by atoms with Gasteiger partial charge in [0.2, 0.25) is 0 Å². The number of aryl methyl sites for hydroxylation is 2. The zero-order chi connectivity index (χ0) is 12.8. The number of aromatic hydroxyl groups is 1. The third-order valence-electron chi connectivity index (χ3n) is 2.19. The highest BCUT2D eigenvalue weighted by Crippen LogP contribution is 2.28. The normalized spacial score (nSPS) is 10.5. The van der Waals surface area contributed by atoms with Gasteiger partial charge in [0.15, 0.2) is 0 Å². The largest absolute Gasteiger partial charge is 0.507 e. The molecule has 0 unspecified atom stereocenters. The van der Waals surface area contributed by atoms with Gasteiger partial charge in [0.1, 0.15) is 5.75 Å². The molecule has 0 radical (unpaired) electrons. The number of phenols is 1. The fraction of sp³-hybridized carbons (Fsp3) is 0.417. The molecular weight excluding hydrogens is 256 g/mol. The van der Waals surface area contributed by atoms with Crippen molar-refractivity contribution in [1.82, 2.24) is 0 Å². The van der Waals surface area contributed by atoms with Crippen LogP contribution in [0.15, 0.2) is 17.0 Å². The molecular formula is C12H16O3S2. The quantitative estimate of drug-likeness (QED) is 0.616. The molecule has 0 spiro atoms. The van der Waals surface area contributed by atoms with Crippen LogP contribution in [0, 0.1) is 13.8 Å². The second kappa shape index (κ2) is 6.81. The van der Waals surface area contributed by atoms with Gasteiger partial charge in [0, 0.05) is 16.4 Å². The van der Waals surface area contributed by atoms with Gasteiger partial charge in [-0.3, -0.25) is 4.79 Å². The van der Waals surface area contributed by atoms with E-state index in [0.29, 0.717) is 5.75 Å². The van der Waals surface area contributed by atoms with Crippen molar-refractivity contribution in [2.24, 2.45) is 0 Å². The molecule has 1 rings (SSSR count). The van der Waals surface area contributed by atoms with Crippen LogP contribution >= 0.6 is 23.5 Å². The molecule has 5 heteroatoms. The molecule has 0 amide bonds. The first kappa shape index (κ1) is 14.3. The molecule has 0 aliphatic rings. The number of hydrogen-bond donors (Lipinski definition) is 2. The van der Waals surface area contributed by atoms with E-state index in [9.17, 15) is 9.90 Å². The Balaban J connectivity index is 2.39. The number of carboxylic acid groups (broad SMARTS) is 1. The van der Waals surface area contributed by atoms with Crippen molar-refractivity contribution >= 4 is 29.5 Å². The number of hydrogen-bond acceptors (Lipinski definition) is 4. The summed E-state index contributed by atoms with van der Waals surface area (Å²) in [4.78, 5) is 11.4. The number of carboxylic acids is 1. The number of aliphatic carboxylic acids is 1. The molecule has 0 atom stereocenters. The van der Waals surface area contributed by atoms with Crippen molar-refractivity contribution in [3.8, 4) is 5.75 Å². The standard InChI is InChI=1S/C12H16O3S2/c1-8-5-10(6-9(2)12(8)15)17-4-3-16-7-11(13)14/h5-6,15H,3-4,7H2,1-2H3,(H,13,14). The molecule has 0 bridgehead atoms. The molecule has 94 valence electrons. The summed E-state index contributed by atoms with van der Waals surface area (Å²) in [6.07, 6.45) is 0.